The Labute approximate surface area is 125 Å². The molecule has 1 rings (SSSR count). The minimum absolute atomic E-state index is 0.0138. The highest BCUT2D eigenvalue weighted by Crippen LogP contribution is 2.28. The van der Waals surface area contributed by atoms with Crippen molar-refractivity contribution in [2.24, 2.45) is 5.73 Å². The van der Waals surface area contributed by atoms with Crippen molar-refractivity contribution < 1.29 is 14.3 Å². The van der Waals surface area contributed by atoms with Gasteiger partial charge in [-0.25, -0.2) is 4.79 Å². The molecule has 0 bridgehead atoms. The van der Waals surface area contributed by atoms with Crippen LogP contribution in [0.3, 0.4) is 0 Å². The van der Waals surface area contributed by atoms with E-state index in [0.29, 0.717) is 17.2 Å². The Hall–Kier alpha value is -1.26. The highest BCUT2D eigenvalue weighted by Gasteiger charge is 2.14. The number of rotatable bonds is 7. The van der Waals surface area contributed by atoms with Gasteiger partial charge in [-0.2, -0.15) is 0 Å². The van der Waals surface area contributed by atoms with Gasteiger partial charge >= 0.3 is 5.97 Å². The van der Waals surface area contributed by atoms with Gasteiger partial charge in [0, 0.05) is 16.6 Å². The van der Waals surface area contributed by atoms with E-state index in [0.717, 1.165) is 12.0 Å². The fourth-order valence-electron chi connectivity index (χ4n) is 1.71. The molecule has 0 fully saturated rings. The van der Waals surface area contributed by atoms with Gasteiger partial charge in [-0.3, -0.25) is 0 Å². The number of benzene rings is 1. The average Bonchev–Trinajstić information content (AvgIpc) is 2.38. The van der Waals surface area contributed by atoms with Crippen molar-refractivity contribution >= 4 is 17.6 Å². The Morgan fingerprint density at radius 1 is 1.40 bits per heavy atom. The van der Waals surface area contributed by atoms with E-state index in [1.54, 1.807) is 32.0 Å². The fourth-order valence-corrected chi connectivity index (χ4v) is 1.96. The van der Waals surface area contributed by atoms with Crippen LogP contribution in [0.1, 0.15) is 32.8 Å². The largest absolute Gasteiger partial charge is 0.482 e. The minimum Gasteiger partial charge on any atom is -0.482 e. The lowest BCUT2D eigenvalue weighted by molar-refractivity contribution is -0.149. The third-order valence-corrected chi connectivity index (χ3v) is 3.13. The molecular weight excluding hydrogens is 278 g/mol. The van der Waals surface area contributed by atoms with Crippen LogP contribution in [0.4, 0.5) is 0 Å². The van der Waals surface area contributed by atoms with Crippen molar-refractivity contribution in [1.29, 1.82) is 0 Å². The summed E-state index contributed by atoms with van der Waals surface area (Å²) < 4.78 is 10.5. The summed E-state index contributed by atoms with van der Waals surface area (Å²) in [5.74, 6) is 0.188. The van der Waals surface area contributed by atoms with Crippen LogP contribution in [-0.4, -0.2) is 24.7 Å². The Kier molecular flexibility index (Phi) is 6.82. The van der Waals surface area contributed by atoms with Crippen LogP contribution in [0.5, 0.6) is 5.75 Å². The monoisotopic (exact) mass is 299 g/mol. The molecule has 0 aromatic heterocycles. The number of halogens is 1. The first-order valence-corrected chi connectivity index (χ1v) is 7.17. The number of carbonyl (C=O) groups excluding carboxylic acids is 1. The van der Waals surface area contributed by atoms with Crippen molar-refractivity contribution in [2.75, 3.05) is 6.61 Å². The molecule has 0 aliphatic carbocycles. The molecule has 4 nitrogen and oxygen atoms in total. The van der Waals surface area contributed by atoms with E-state index in [9.17, 15) is 4.79 Å². The summed E-state index contributed by atoms with van der Waals surface area (Å²) in [6.07, 6.45) is 1.31. The predicted molar refractivity (Wildman–Crippen MR) is 80.1 cm³/mol. The summed E-state index contributed by atoms with van der Waals surface area (Å²) in [6, 6.07) is 5.37. The first-order chi connectivity index (χ1) is 9.43. The number of nitrogens with two attached hydrogens (primary N) is 1. The maximum Gasteiger partial charge on any atom is 0.344 e. The predicted octanol–water partition coefficient (Wildman–Crippen LogP) is 2.95. The quantitative estimate of drug-likeness (QED) is 0.786. The lowest BCUT2D eigenvalue weighted by Gasteiger charge is -2.16. The summed E-state index contributed by atoms with van der Waals surface area (Å²) in [7, 11) is 0. The molecule has 1 aromatic carbocycles. The zero-order chi connectivity index (χ0) is 15.1. The van der Waals surface area contributed by atoms with Gasteiger partial charge in [0.15, 0.2) is 6.61 Å². The van der Waals surface area contributed by atoms with Gasteiger partial charge in [-0.1, -0.05) is 24.6 Å². The maximum atomic E-state index is 11.5. The Bertz CT molecular complexity index is 449. The molecule has 0 amide bonds. The fraction of sp³-hybridized carbons (Fsp3) is 0.533. The van der Waals surface area contributed by atoms with E-state index in [1.165, 1.54) is 0 Å². The molecule has 0 spiro atoms. The summed E-state index contributed by atoms with van der Waals surface area (Å²) in [5, 5.41) is 0.601. The third-order valence-electron chi connectivity index (χ3n) is 2.78. The number of ether oxygens (including phenoxy) is 2. The standard InChI is InChI=1S/C15H22ClNO3/c1-4-11(17)8-12-13(16)6-5-7-14(12)19-9-15(18)20-10(2)3/h5-7,10-11H,4,8-9,17H2,1-3H3. The lowest BCUT2D eigenvalue weighted by Crippen LogP contribution is -2.23. The van der Waals surface area contributed by atoms with Crippen molar-refractivity contribution in [3.8, 4) is 5.75 Å². The molecule has 0 saturated heterocycles. The van der Waals surface area contributed by atoms with Crippen LogP contribution in [0.25, 0.3) is 0 Å². The number of carbonyl (C=O) groups is 1. The third kappa shape index (κ3) is 5.39. The maximum absolute atomic E-state index is 11.5. The molecule has 20 heavy (non-hydrogen) atoms. The number of hydrogen-bond donors (Lipinski definition) is 1. The van der Waals surface area contributed by atoms with Crippen LogP contribution >= 0.6 is 11.6 Å². The van der Waals surface area contributed by atoms with Crippen LogP contribution in [0.15, 0.2) is 18.2 Å². The first kappa shape index (κ1) is 16.8. The molecule has 1 unspecified atom stereocenters. The van der Waals surface area contributed by atoms with Gasteiger partial charge < -0.3 is 15.2 Å². The molecule has 2 N–H and O–H groups in total. The average molecular weight is 300 g/mol. The highest BCUT2D eigenvalue weighted by molar-refractivity contribution is 6.31. The molecular formula is C15H22ClNO3. The minimum atomic E-state index is -0.397. The van der Waals surface area contributed by atoms with Gasteiger partial charge in [0.05, 0.1) is 6.10 Å². The van der Waals surface area contributed by atoms with Crippen molar-refractivity contribution in [3.63, 3.8) is 0 Å². The van der Waals surface area contributed by atoms with Crippen molar-refractivity contribution in [3.05, 3.63) is 28.8 Å². The van der Waals surface area contributed by atoms with E-state index in [2.05, 4.69) is 0 Å². The van der Waals surface area contributed by atoms with Crippen LogP contribution in [-0.2, 0) is 16.0 Å². The van der Waals surface area contributed by atoms with Crippen LogP contribution in [0, 0.1) is 0 Å². The van der Waals surface area contributed by atoms with Gasteiger partial charge in [-0.15, -0.1) is 0 Å². The van der Waals surface area contributed by atoms with E-state index in [4.69, 9.17) is 26.8 Å². The van der Waals surface area contributed by atoms with Gasteiger partial charge in [0.25, 0.3) is 0 Å². The molecule has 1 aromatic rings. The molecule has 0 aliphatic heterocycles. The summed E-state index contributed by atoms with van der Waals surface area (Å²) >= 11 is 6.18. The smallest absolute Gasteiger partial charge is 0.344 e. The van der Waals surface area contributed by atoms with Gasteiger partial charge in [-0.05, 0) is 38.8 Å². The second kappa shape index (κ2) is 8.12. The van der Waals surface area contributed by atoms with Crippen LogP contribution in [0.2, 0.25) is 5.02 Å². The Morgan fingerprint density at radius 2 is 2.10 bits per heavy atom. The Morgan fingerprint density at radius 3 is 2.70 bits per heavy atom. The zero-order valence-corrected chi connectivity index (χ0v) is 12.9. The Balaban J connectivity index is 2.74. The first-order valence-electron chi connectivity index (χ1n) is 6.79. The van der Waals surface area contributed by atoms with Crippen LogP contribution < -0.4 is 10.5 Å². The second-order valence-electron chi connectivity index (χ2n) is 4.92. The summed E-state index contributed by atoms with van der Waals surface area (Å²) in [5.41, 5.74) is 6.79. The number of esters is 1. The number of hydrogen-bond acceptors (Lipinski definition) is 4. The van der Waals surface area contributed by atoms with E-state index in [-0.39, 0.29) is 18.8 Å². The van der Waals surface area contributed by atoms with Gasteiger partial charge in [0.2, 0.25) is 0 Å². The van der Waals surface area contributed by atoms with Gasteiger partial charge in [0.1, 0.15) is 5.75 Å². The summed E-state index contributed by atoms with van der Waals surface area (Å²) in [4.78, 5) is 11.5. The SMILES string of the molecule is CCC(N)Cc1c(Cl)cccc1OCC(=O)OC(C)C. The highest BCUT2D eigenvalue weighted by atomic mass is 35.5. The summed E-state index contributed by atoms with van der Waals surface area (Å²) in [6.45, 7) is 5.47. The van der Waals surface area contributed by atoms with E-state index < -0.39 is 5.97 Å². The zero-order valence-electron chi connectivity index (χ0n) is 12.2. The van der Waals surface area contributed by atoms with Crippen molar-refractivity contribution in [2.45, 2.75) is 45.8 Å². The molecule has 0 heterocycles. The van der Waals surface area contributed by atoms with E-state index >= 15 is 0 Å². The molecule has 1 atom stereocenters. The topological polar surface area (TPSA) is 61.5 Å². The second-order valence-corrected chi connectivity index (χ2v) is 5.32. The molecule has 5 heteroatoms. The molecule has 0 aliphatic rings. The lowest BCUT2D eigenvalue weighted by atomic mass is 10.0. The van der Waals surface area contributed by atoms with Crippen molar-refractivity contribution in [1.82, 2.24) is 0 Å². The molecule has 112 valence electrons. The molecule has 0 radical (unpaired) electrons. The normalized spacial score (nSPS) is 12.3. The van der Waals surface area contributed by atoms with E-state index in [1.807, 2.05) is 6.92 Å². The molecule has 0 saturated carbocycles.